The van der Waals surface area contributed by atoms with Gasteiger partial charge in [0, 0.05) is 11.1 Å². The highest BCUT2D eigenvalue weighted by molar-refractivity contribution is 5.87. The third-order valence-corrected chi connectivity index (χ3v) is 1.05. The number of rotatable bonds is 4. The summed E-state index contributed by atoms with van der Waals surface area (Å²) in [5.74, 6) is -1.30. The van der Waals surface area contributed by atoms with Crippen molar-refractivity contribution in [2.45, 2.75) is 13.8 Å². The fourth-order valence-corrected chi connectivity index (χ4v) is 0.258. The summed E-state index contributed by atoms with van der Waals surface area (Å²) in [6.45, 7) is 13.2. The molecule has 0 atom stereocenters. The van der Waals surface area contributed by atoms with Gasteiger partial charge in [-0.1, -0.05) is 25.8 Å². The quantitative estimate of drug-likeness (QED) is 0.439. The number of ether oxygens (including phenoxy) is 1. The van der Waals surface area contributed by atoms with E-state index in [0.29, 0.717) is 5.57 Å². The van der Waals surface area contributed by atoms with Crippen LogP contribution in [0.3, 0.4) is 0 Å². The van der Waals surface area contributed by atoms with E-state index in [1.807, 2.05) is 0 Å². The molecule has 4 heteroatoms. The van der Waals surface area contributed by atoms with Crippen molar-refractivity contribution in [1.29, 1.82) is 0 Å². The highest BCUT2D eigenvalue weighted by atomic mass is 16.5. The Morgan fingerprint density at radius 1 is 1.27 bits per heavy atom. The molecule has 0 aliphatic carbocycles. The summed E-state index contributed by atoms with van der Waals surface area (Å²) in [6.07, 6.45) is 1.51. The van der Waals surface area contributed by atoms with E-state index in [1.54, 1.807) is 6.92 Å². The van der Waals surface area contributed by atoms with E-state index < -0.39 is 5.97 Å². The molecule has 84 valence electrons. The Bertz CT molecular complexity index is 264. The minimum Gasteiger partial charge on any atom is -0.478 e. The minimum atomic E-state index is -0.935. The largest absolute Gasteiger partial charge is 0.478 e. The van der Waals surface area contributed by atoms with Gasteiger partial charge in [0.15, 0.2) is 0 Å². The Hall–Kier alpha value is -1.84. The zero-order chi connectivity index (χ0) is 12.4. The number of hydrogen-bond acceptors (Lipinski definition) is 3. The first kappa shape index (κ1) is 15.6. The van der Waals surface area contributed by atoms with Gasteiger partial charge in [-0.05, 0) is 13.8 Å². The smallest absolute Gasteiger partial charge is 0.333 e. The third-order valence-electron chi connectivity index (χ3n) is 1.05. The summed E-state index contributed by atoms with van der Waals surface area (Å²) in [7, 11) is 0. The van der Waals surface area contributed by atoms with Crippen molar-refractivity contribution >= 4 is 11.9 Å². The van der Waals surface area contributed by atoms with E-state index in [-0.39, 0.29) is 18.1 Å². The number of carboxylic acids is 1. The van der Waals surface area contributed by atoms with Crippen LogP contribution in [0, 0.1) is 0 Å². The summed E-state index contributed by atoms with van der Waals surface area (Å²) in [5.41, 5.74) is 0.590. The lowest BCUT2D eigenvalue weighted by molar-refractivity contribution is -0.137. The Labute approximate surface area is 89.6 Å². The summed E-state index contributed by atoms with van der Waals surface area (Å²) in [4.78, 5) is 20.1. The SMILES string of the molecule is C=C(C)C(=O)O.C=CCOC(=O)C(=C)C. The van der Waals surface area contributed by atoms with E-state index in [2.05, 4.69) is 24.5 Å². The molecule has 0 saturated heterocycles. The molecule has 0 unspecified atom stereocenters. The second-order valence-corrected chi connectivity index (χ2v) is 2.75. The molecule has 0 amide bonds. The van der Waals surface area contributed by atoms with Gasteiger partial charge in [-0.3, -0.25) is 0 Å². The highest BCUT2D eigenvalue weighted by Gasteiger charge is 1.98. The molecule has 0 aromatic rings. The molecular weight excluding hydrogens is 196 g/mol. The fraction of sp³-hybridized carbons (Fsp3) is 0.273. The molecule has 4 nitrogen and oxygen atoms in total. The molecule has 0 radical (unpaired) electrons. The number of carbonyl (C=O) groups excluding carboxylic acids is 1. The lowest BCUT2D eigenvalue weighted by Crippen LogP contribution is -2.03. The number of carbonyl (C=O) groups is 2. The minimum absolute atomic E-state index is 0.176. The van der Waals surface area contributed by atoms with Crippen molar-refractivity contribution in [2.24, 2.45) is 0 Å². The summed E-state index contributed by atoms with van der Waals surface area (Å²) in [5, 5.41) is 7.89. The van der Waals surface area contributed by atoms with Crippen LogP contribution in [0.5, 0.6) is 0 Å². The molecule has 0 fully saturated rings. The van der Waals surface area contributed by atoms with Gasteiger partial charge in [-0.2, -0.15) is 0 Å². The van der Waals surface area contributed by atoms with E-state index >= 15 is 0 Å². The van der Waals surface area contributed by atoms with E-state index in [4.69, 9.17) is 5.11 Å². The van der Waals surface area contributed by atoms with Crippen molar-refractivity contribution in [3.63, 3.8) is 0 Å². The Kier molecular flexibility index (Phi) is 9.11. The molecule has 0 rings (SSSR count). The van der Waals surface area contributed by atoms with Gasteiger partial charge in [-0.25, -0.2) is 9.59 Å². The van der Waals surface area contributed by atoms with Gasteiger partial charge < -0.3 is 9.84 Å². The maximum absolute atomic E-state index is 10.5. The van der Waals surface area contributed by atoms with Gasteiger partial charge in [-0.15, -0.1) is 0 Å². The van der Waals surface area contributed by atoms with Crippen LogP contribution in [0.2, 0.25) is 0 Å². The van der Waals surface area contributed by atoms with Gasteiger partial charge in [0.05, 0.1) is 0 Å². The van der Waals surface area contributed by atoms with Gasteiger partial charge in [0.1, 0.15) is 6.61 Å². The van der Waals surface area contributed by atoms with Crippen molar-refractivity contribution in [3.05, 3.63) is 37.0 Å². The van der Waals surface area contributed by atoms with Gasteiger partial charge >= 0.3 is 11.9 Å². The predicted molar refractivity (Wildman–Crippen MR) is 58.4 cm³/mol. The van der Waals surface area contributed by atoms with E-state index in [1.165, 1.54) is 13.0 Å². The van der Waals surface area contributed by atoms with Crippen LogP contribution in [0.4, 0.5) is 0 Å². The van der Waals surface area contributed by atoms with Gasteiger partial charge in [0.2, 0.25) is 0 Å². The second kappa shape index (κ2) is 8.74. The first-order valence-corrected chi connectivity index (χ1v) is 4.15. The summed E-state index contributed by atoms with van der Waals surface area (Å²) in [6, 6.07) is 0. The third kappa shape index (κ3) is 12.2. The molecular formula is C11H16O4. The van der Waals surface area contributed by atoms with Crippen LogP contribution in [-0.4, -0.2) is 23.7 Å². The van der Waals surface area contributed by atoms with E-state index in [0.717, 1.165) is 0 Å². The van der Waals surface area contributed by atoms with Crippen LogP contribution in [0.1, 0.15) is 13.8 Å². The zero-order valence-electron chi connectivity index (χ0n) is 9.08. The normalized spacial score (nSPS) is 7.87. The molecule has 0 aromatic carbocycles. The number of carboxylic acid groups (broad SMARTS) is 1. The Balaban J connectivity index is 0. The predicted octanol–water partition coefficient (Wildman–Crippen LogP) is 1.94. The lowest BCUT2D eigenvalue weighted by Gasteiger charge is -1.97. The number of hydrogen-bond donors (Lipinski definition) is 1. The maximum atomic E-state index is 10.5. The summed E-state index contributed by atoms with van der Waals surface area (Å²) < 4.78 is 4.60. The average Bonchev–Trinajstić information content (AvgIpc) is 2.14. The van der Waals surface area contributed by atoms with Crippen LogP contribution >= 0.6 is 0 Å². The topological polar surface area (TPSA) is 63.6 Å². The van der Waals surface area contributed by atoms with Crippen LogP contribution in [0.15, 0.2) is 37.0 Å². The van der Waals surface area contributed by atoms with Crippen LogP contribution in [0.25, 0.3) is 0 Å². The second-order valence-electron chi connectivity index (χ2n) is 2.75. The molecule has 15 heavy (non-hydrogen) atoms. The summed E-state index contributed by atoms with van der Waals surface area (Å²) >= 11 is 0. The Morgan fingerprint density at radius 3 is 1.87 bits per heavy atom. The maximum Gasteiger partial charge on any atom is 0.333 e. The monoisotopic (exact) mass is 212 g/mol. The molecule has 0 saturated carbocycles. The molecule has 1 N–H and O–H groups in total. The molecule has 0 spiro atoms. The first-order valence-electron chi connectivity index (χ1n) is 4.15. The molecule has 0 aliphatic heterocycles. The van der Waals surface area contributed by atoms with Crippen molar-refractivity contribution < 1.29 is 19.4 Å². The van der Waals surface area contributed by atoms with Crippen molar-refractivity contribution in [3.8, 4) is 0 Å². The van der Waals surface area contributed by atoms with Crippen LogP contribution in [-0.2, 0) is 14.3 Å². The van der Waals surface area contributed by atoms with Gasteiger partial charge in [0.25, 0.3) is 0 Å². The fourth-order valence-electron chi connectivity index (χ4n) is 0.258. The van der Waals surface area contributed by atoms with Crippen LogP contribution < -0.4 is 0 Å². The molecule has 0 heterocycles. The Morgan fingerprint density at radius 2 is 1.67 bits per heavy atom. The lowest BCUT2D eigenvalue weighted by atomic mass is 10.4. The average molecular weight is 212 g/mol. The van der Waals surface area contributed by atoms with Crippen molar-refractivity contribution in [1.82, 2.24) is 0 Å². The molecule has 0 bridgehead atoms. The first-order chi connectivity index (χ1) is 6.82. The van der Waals surface area contributed by atoms with E-state index in [9.17, 15) is 9.59 Å². The molecule has 0 aliphatic rings. The highest BCUT2D eigenvalue weighted by Crippen LogP contribution is 1.90. The number of esters is 1. The van der Waals surface area contributed by atoms with Crippen molar-refractivity contribution in [2.75, 3.05) is 6.61 Å². The number of aliphatic carboxylic acids is 1. The zero-order valence-corrected chi connectivity index (χ0v) is 9.08. The standard InChI is InChI=1S/C7H10O2.C4H6O2/c1-4-5-9-7(8)6(2)3;1-3(2)4(5)6/h4H,1-2,5H2,3H3;1H2,2H3,(H,5,6). The molecule has 0 aromatic heterocycles.